The predicted molar refractivity (Wildman–Crippen MR) is 80.8 cm³/mol. The van der Waals surface area contributed by atoms with Gasteiger partial charge in [0.15, 0.2) is 0 Å². The normalized spacial score (nSPS) is 10.3. The van der Waals surface area contributed by atoms with Crippen LogP contribution in [0.3, 0.4) is 0 Å². The Bertz CT molecular complexity index is 736. The van der Waals surface area contributed by atoms with E-state index in [4.69, 9.17) is 11.6 Å². The molecule has 0 unspecified atom stereocenters. The van der Waals surface area contributed by atoms with Crippen molar-refractivity contribution in [1.82, 2.24) is 14.5 Å². The first kappa shape index (κ1) is 13.3. The van der Waals surface area contributed by atoms with Gasteiger partial charge in [0.1, 0.15) is 12.1 Å². The molecule has 1 amide bonds. The van der Waals surface area contributed by atoms with Crippen LogP contribution in [0.5, 0.6) is 0 Å². The Balaban J connectivity index is 1.73. The van der Waals surface area contributed by atoms with E-state index in [0.29, 0.717) is 16.3 Å². The molecule has 0 spiro atoms. The molecule has 2 aromatic heterocycles. The van der Waals surface area contributed by atoms with Crippen molar-refractivity contribution in [3.63, 3.8) is 0 Å². The lowest BCUT2D eigenvalue weighted by Crippen LogP contribution is -2.12. The number of halogens is 1. The Morgan fingerprint density at radius 2 is 1.95 bits per heavy atom. The number of nitrogens with zero attached hydrogens (tertiary/aromatic N) is 3. The van der Waals surface area contributed by atoms with Crippen LogP contribution >= 0.6 is 11.6 Å². The first-order chi connectivity index (χ1) is 10.2. The number of nitrogens with one attached hydrogen (secondary N) is 1. The van der Waals surface area contributed by atoms with Crippen molar-refractivity contribution >= 4 is 23.2 Å². The van der Waals surface area contributed by atoms with Crippen molar-refractivity contribution in [1.29, 1.82) is 0 Å². The van der Waals surface area contributed by atoms with Crippen LogP contribution in [-0.2, 0) is 0 Å². The van der Waals surface area contributed by atoms with Crippen molar-refractivity contribution in [2.24, 2.45) is 0 Å². The summed E-state index contributed by atoms with van der Waals surface area (Å²) in [6.45, 7) is 0. The number of rotatable bonds is 3. The van der Waals surface area contributed by atoms with Gasteiger partial charge in [0.2, 0.25) is 0 Å². The van der Waals surface area contributed by atoms with Crippen LogP contribution in [0.15, 0.2) is 61.3 Å². The highest BCUT2D eigenvalue weighted by molar-refractivity contribution is 6.30. The number of carbonyl (C=O) groups is 1. The van der Waals surface area contributed by atoms with Crippen LogP contribution in [0.25, 0.3) is 5.82 Å². The summed E-state index contributed by atoms with van der Waals surface area (Å²) in [5.41, 5.74) is 1.16. The third kappa shape index (κ3) is 3.09. The third-order valence-electron chi connectivity index (χ3n) is 2.88. The maximum absolute atomic E-state index is 12.0. The zero-order chi connectivity index (χ0) is 14.7. The van der Waals surface area contributed by atoms with E-state index in [2.05, 4.69) is 15.3 Å². The van der Waals surface area contributed by atoms with Gasteiger partial charge in [-0.3, -0.25) is 9.36 Å². The van der Waals surface area contributed by atoms with Gasteiger partial charge in [-0.05, 0) is 36.4 Å². The molecule has 0 saturated heterocycles. The fourth-order valence-electron chi connectivity index (χ4n) is 1.81. The quantitative estimate of drug-likeness (QED) is 0.808. The first-order valence-electron chi connectivity index (χ1n) is 6.24. The van der Waals surface area contributed by atoms with E-state index < -0.39 is 0 Å². The van der Waals surface area contributed by atoms with E-state index in [-0.39, 0.29) is 5.91 Å². The first-order valence-corrected chi connectivity index (χ1v) is 6.61. The number of amides is 1. The lowest BCUT2D eigenvalue weighted by Gasteiger charge is -2.06. The maximum atomic E-state index is 12.0. The molecule has 0 bridgehead atoms. The van der Waals surface area contributed by atoms with Crippen LogP contribution in [0.1, 0.15) is 10.4 Å². The Morgan fingerprint density at radius 1 is 1.14 bits per heavy atom. The van der Waals surface area contributed by atoms with Gasteiger partial charge in [-0.15, -0.1) is 0 Å². The van der Waals surface area contributed by atoms with Crippen molar-refractivity contribution in [3.05, 3.63) is 71.9 Å². The van der Waals surface area contributed by atoms with Gasteiger partial charge < -0.3 is 5.32 Å². The minimum Gasteiger partial charge on any atom is -0.321 e. The third-order valence-corrected chi connectivity index (χ3v) is 3.13. The molecule has 0 fully saturated rings. The number of benzene rings is 1. The molecule has 6 heteroatoms. The zero-order valence-corrected chi connectivity index (χ0v) is 11.7. The second-order valence-electron chi connectivity index (χ2n) is 4.34. The molecule has 3 rings (SSSR count). The van der Waals surface area contributed by atoms with Crippen molar-refractivity contribution in [2.45, 2.75) is 0 Å². The Hall–Kier alpha value is -2.66. The van der Waals surface area contributed by atoms with Crippen molar-refractivity contribution < 1.29 is 4.79 Å². The molecular weight excluding hydrogens is 288 g/mol. The number of hydrogen-bond donors (Lipinski definition) is 1. The monoisotopic (exact) mass is 298 g/mol. The number of hydrogen-bond acceptors (Lipinski definition) is 3. The van der Waals surface area contributed by atoms with Gasteiger partial charge in [0.05, 0.1) is 11.9 Å². The molecule has 2 heterocycles. The second-order valence-corrected chi connectivity index (χ2v) is 4.77. The fraction of sp³-hybridized carbons (Fsp3) is 0. The molecule has 21 heavy (non-hydrogen) atoms. The van der Waals surface area contributed by atoms with Gasteiger partial charge in [-0.2, -0.15) is 0 Å². The molecule has 0 saturated carbocycles. The Morgan fingerprint density at radius 3 is 2.57 bits per heavy atom. The highest BCUT2D eigenvalue weighted by atomic mass is 35.5. The molecule has 3 aromatic rings. The maximum Gasteiger partial charge on any atom is 0.255 e. The average molecular weight is 299 g/mol. The summed E-state index contributed by atoms with van der Waals surface area (Å²) in [4.78, 5) is 20.3. The highest BCUT2D eigenvalue weighted by Crippen LogP contribution is 2.13. The van der Waals surface area contributed by atoms with Crippen LogP contribution in [0, 0.1) is 0 Å². The van der Waals surface area contributed by atoms with E-state index in [9.17, 15) is 4.79 Å². The summed E-state index contributed by atoms with van der Waals surface area (Å²) in [7, 11) is 0. The number of anilines is 1. The van der Waals surface area contributed by atoms with Gasteiger partial charge >= 0.3 is 0 Å². The van der Waals surface area contributed by atoms with E-state index in [1.165, 1.54) is 0 Å². The Labute approximate surface area is 126 Å². The van der Waals surface area contributed by atoms with Crippen LogP contribution < -0.4 is 5.32 Å². The summed E-state index contributed by atoms with van der Waals surface area (Å²) in [5, 5.41) is 3.38. The zero-order valence-electron chi connectivity index (χ0n) is 10.9. The molecule has 0 atom stereocenters. The Kier molecular flexibility index (Phi) is 3.66. The molecule has 5 nitrogen and oxygen atoms in total. The van der Waals surface area contributed by atoms with Crippen molar-refractivity contribution in [3.8, 4) is 5.82 Å². The molecule has 1 N–H and O–H groups in total. The van der Waals surface area contributed by atoms with Gasteiger partial charge in [0, 0.05) is 23.0 Å². The minimum atomic E-state index is -0.205. The topological polar surface area (TPSA) is 59.8 Å². The number of pyridine rings is 1. The SMILES string of the molecule is O=C(Nc1ccc(-n2ccnc2)nc1)c1ccc(Cl)cc1. The van der Waals surface area contributed by atoms with Crippen LogP contribution in [-0.4, -0.2) is 20.4 Å². The summed E-state index contributed by atoms with van der Waals surface area (Å²) < 4.78 is 1.78. The molecule has 1 aromatic carbocycles. The molecule has 0 aliphatic carbocycles. The van der Waals surface area contributed by atoms with Gasteiger partial charge in [0.25, 0.3) is 5.91 Å². The fourth-order valence-corrected chi connectivity index (χ4v) is 1.94. The van der Waals surface area contributed by atoms with Crippen LogP contribution in [0.2, 0.25) is 5.02 Å². The average Bonchev–Trinajstić information content (AvgIpc) is 3.03. The summed E-state index contributed by atoms with van der Waals surface area (Å²) >= 11 is 5.79. The number of imidazole rings is 1. The van der Waals surface area contributed by atoms with Crippen molar-refractivity contribution in [2.75, 3.05) is 5.32 Å². The van der Waals surface area contributed by atoms with Crippen LogP contribution in [0.4, 0.5) is 5.69 Å². The van der Waals surface area contributed by atoms with Gasteiger partial charge in [-0.1, -0.05) is 11.6 Å². The summed E-state index contributed by atoms with van der Waals surface area (Å²) in [5.74, 6) is 0.529. The van der Waals surface area contributed by atoms with E-state index in [1.807, 2.05) is 0 Å². The smallest absolute Gasteiger partial charge is 0.255 e. The van der Waals surface area contributed by atoms with E-state index in [0.717, 1.165) is 5.82 Å². The summed E-state index contributed by atoms with van der Waals surface area (Å²) in [6.07, 6.45) is 6.74. The lowest BCUT2D eigenvalue weighted by molar-refractivity contribution is 0.102. The number of carbonyl (C=O) groups excluding carboxylic acids is 1. The molecule has 0 aliphatic heterocycles. The molecule has 0 aliphatic rings. The predicted octanol–water partition coefficient (Wildman–Crippen LogP) is 3.17. The molecular formula is C15H11ClN4O. The number of aromatic nitrogens is 3. The van der Waals surface area contributed by atoms with E-state index >= 15 is 0 Å². The standard InChI is InChI=1S/C15H11ClN4O/c16-12-3-1-11(2-4-12)15(21)19-13-5-6-14(18-9-13)20-8-7-17-10-20/h1-10H,(H,19,21). The lowest BCUT2D eigenvalue weighted by atomic mass is 10.2. The summed E-state index contributed by atoms with van der Waals surface area (Å²) in [6, 6.07) is 10.3. The second kappa shape index (κ2) is 5.76. The van der Waals surface area contributed by atoms with Gasteiger partial charge in [-0.25, -0.2) is 9.97 Å². The van der Waals surface area contributed by atoms with E-state index in [1.54, 1.807) is 65.9 Å². The molecule has 0 radical (unpaired) electrons. The highest BCUT2D eigenvalue weighted by Gasteiger charge is 2.06. The largest absolute Gasteiger partial charge is 0.321 e. The molecule has 104 valence electrons. The minimum absolute atomic E-state index is 0.205.